The number of aliphatic hydroxyl groups is 3. The molecule has 2 unspecified atom stereocenters. The zero-order chi connectivity index (χ0) is 23.0. The summed E-state index contributed by atoms with van der Waals surface area (Å²) in [6.45, 7) is 11.8. The summed E-state index contributed by atoms with van der Waals surface area (Å²) >= 11 is 0. The Balaban J connectivity index is 1.71. The van der Waals surface area contributed by atoms with E-state index in [9.17, 15) is 19.7 Å². The highest BCUT2D eigenvalue weighted by Gasteiger charge is 2.50. The van der Waals surface area contributed by atoms with E-state index in [1.54, 1.807) is 13.8 Å². The molecule has 3 N–H and O–H groups in total. The van der Waals surface area contributed by atoms with Gasteiger partial charge in [-0.25, -0.2) is 4.39 Å². The van der Waals surface area contributed by atoms with E-state index in [0.717, 1.165) is 24.0 Å². The van der Waals surface area contributed by atoms with Crippen LogP contribution in [0.25, 0.3) is 0 Å². The van der Waals surface area contributed by atoms with Gasteiger partial charge in [0.2, 0.25) is 0 Å². The largest absolute Gasteiger partial charge is 0.393 e. The second kappa shape index (κ2) is 9.49. The van der Waals surface area contributed by atoms with Gasteiger partial charge in [-0.1, -0.05) is 38.2 Å². The van der Waals surface area contributed by atoms with E-state index in [1.807, 2.05) is 0 Å². The number of alkyl halides is 1. The van der Waals surface area contributed by atoms with Crippen molar-refractivity contribution in [2.45, 2.75) is 109 Å². The van der Waals surface area contributed by atoms with Crippen molar-refractivity contribution in [3.63, 3.8) is 0 Å². The molecule has 0 spiro atoms. The van der Waals surface area contributed by atoms with E-state index in [1.165, 1.54) is 31.3 Å². The number of hydrogen-bond donors (Lipinski definition) is 3. The Morgan fingerprint density at radius 1 is 1.23 bits per heavy atom. The lowest BCUT2D eigenvalue weighted by molar-refractivity contribution is -0.0119. The summed E-state index contributed by atoms with van der Waals surface area (Å²) in [5.74, 6) is 1.57. The van der Waals surface area contributed by atoms with Gasteiger partial charge in [-0.05, 0) is 99.5 Å². The van der Waals surface area contributed by atoms with Crippen LogP contribution >= 0.6 is 0 Å². The Bertz CT molecular complexity index is 718. The van der Waals surface area contributed by atoms with Crippen LogP contribution < -0.4 is 0 Å². The van der Waals surface area contributed by atoms with Crippen molar-refractivity contribution in [2.75, 3.05) is 0 Å². The van der Waals surface area contributed by atoms with Crippen LogP contribution in [0.5, 0.6) is 0 Å². The molecule has 0 bridgehead atoms. The molecule has 0 aromatic heterocycles. The summed E-state index contributed by atoms with van der Waals surface area (Å²) in [6.07, 6.45) is 10.0. The summed E-state index contributed by atoms with van der Waals surface area (Å²) in [5.41, 5.74) is 2.17. The van der Waals surface area contributed by atoms with Crippen molar-refractivity contribution in [1.29, 1.82) is 0 Å². The molecular weight excluding hydrogens is 391 g/mol. The number of fused-ring (bicyclic) bond motifs is 1. The molecule has 0 saturated heterocycles. The van der Waals surface area contributed by atoms with Crippen molar-refractivity contribution in [2.24, 2.45) is 23.2 Å². The van der Waals surface area contributed by atoms with Crippen LogP contribution in [-0.4, -0.2) is 39.3 Å². The highest BCUT2D eigenvalue weighted by atomic mass is 19.1. The molecule has 31 heavy (non-hydrogen) atoms. The van der Waals surface area contributed by atoms with E-state index in [4.69, 9.17) is 0 Å². The van der Waals surface area contributed by atoms with Gasteiger partial charge < -0.3 is 15.3 Å². The van der Waals surface area contributed by atoms with Gasteiger partial charge in [0.1, 0.15) is 6.17 Å². The van der Waals surface area contributed by atoms with Crippen LogP contribution in [-0.2, 0) is 0 Å². The van der Waals surface area contributed by atoms with Crippen LogP contribution in [0.3, 0.4) is 0 Å². The monoisotopic (exact) mass is 434 g/mol. The second-order valence-corrected chi connectivity index (χ2v) is 11.3. The molecule has 7 atom stereocenters. The van der Waals surface area contributed by atoms with Gasteiger partial charge in [-0.2, -0.15) is 0 Å². The average molecular weight is 435 g/mol. The summed E-state index contributed by atoms with van der Waals surface area (Å²) in [7, 11) is 0. The zero-order valence-electron chi connectivity index (χ0n) is 19.9. The molecule has 0 radical (unpaired) electrons. The molecule has 176 valence electrons. The Morgan fingerprint density at radius 3 is 2.61 bits per heavy atom. The number of allylic oxidation sites excluding steroid dienone is 3. The molecule has 0 aromatic carbocycles. The predicted molar refractivity (Wildman–Crippen MR) is 124 cm³/mol. The van der Waals surface area contributed by atoms with Gasteiger partial charge in [-0.15, -0.1) is 0 Å². The fourth-order valence-electron chi connectivity index (χ4n) is 6.64. The second-order valence-electron chi connectivity index (χ2n) is 11.3. The quantitative estimate of drug-likeness (QED) is 0.506. The molecular formula is C27H43FO3. The highest BCUT2D eigenvalue weighted by molar-refractivity contribution is 5.38. The maximum absolute atomic E-state index is 14.3. The first-order chi connectivity index (χ1) is 14.4. The van der Waals surface area contributed by atoms with Gasteiger partial charge in [0, 0.05) is 6.42 Å². The van der Waals surface area contributed by atoms with Gasteiger partial charge >= 0.3 is 0 Å². The molecule has 3 aliphatic carbocycles. The third-order valence-electron chi connectivity index (χ3n) is 8.63. The molecule has 3 saturated carbocycles. The molecule has 3 fully saturated rings. The maximum atomic E-state index is 14.3. The third kappa shape index (κ3) is 5.34. The summed E-state index contributed by atoms with van der Waals surface area (Å²) in [5, 5.41) is 30.1. The minimum Gasteiger partial charge on any atom is -0.393 e. The third-order valence-corrected chi connectivity index (χ3v) is 8.63. The Kier molecular flexibility index (Phi) is 7.55. The smallest absolute Gasteiger partial charge is 0.128 e. The molecule has 0 aromatic rings. The minimum atomic E-state index is -1.26. The van der Waals surface area contributed by atoms with Crippen LogP contribution in [0.4, 0.5) is 4.39 Å². The molecule has 3 nitrogen and oxygen atoms in total. The van der Waals surface area contributed by atoms with E-state index < -0.39 is 24.0 Å². The fraction of sp³-hybridized carbons (Fsp3) is 0.778. The van der Waals surface area contributed by atoms with E-state index in [0.29, 0.717) is 37.0 Å². The zero-order valence-corrected chi connectivity index (χ0v) is 19.9. The topological polar surface area (TPSA) is 60.7 Å². The molecule has 4 heteroatoms. The van der Waals surface area contributed by atoms with E-state index in [-0.39, 0.29) is 5.41 Å². The van der Waals surface area contributed by atoms with Gasteiger partial charge in [0.15, 0.2) is 0 Å². The first-order valence-corrected chi connectivity index (χ1v) is 12.2. The highest BCUT2D eigenvalue weighted by Crippen LogP contribution is 2.60. The SMILES string of the molecule is C=C1/C(=C\C=C2CCC[C@@]3(C)C2CC[C@@H]3[C@H](C)CCC(F)C(C)(C)O)C[C@@H](O)C[C@H]1O. The standard InChI is InChI=1S/C27H43FO3/c1-17(8-13-25(28)26(3,4)31)22-11-12-23-19(7-6-14-27(22,23)5)9-10-20-15-21(29)16-24(30)18(20)2/h9-10,17,21-25,29-31H,2,6-8,11-16H2,1,3-5H3/b19-9?,20-10-/t17-,21-,22-,23?,24-,25?,27-/m1/s1. The van der Waals surface area contributed by atoms with E-state index in [2.05, 4.69) is 32.6 Å². The van der Waals surface area contributed by atoms with Crippen LogP contribution in [0.1, 0.15) is 85.5 Å². The van der Waals surface area contributed by atoms with Gasteiger partial charge in [-0.3, -0.25) is 0 Å². The summed E-state index contributed by atoms with van der Waals surface area (Å²) < 4.78 is 14.3. The number of rotatable bonds is 6. The lowest BCUT2D eigenvalue weighted by Crippen LogP contribution is -2.37. The van der Waals surface area contributed by atoms with Crippen molar-refractivity contribution in [3.05, 3.63) is 35.5 Å². The van der Waals surface area contributed by atoms with Gasteiger partial charge in [0.05, 0.1) is 17.8 Å². The summed E-state index contributed by atoms with van der Waals surface area (Å²) in [6, 6.07) is 0. The van der Waals surface area contributed by atoms with Crippen LogP contribution in [0.15, 0.2) is 35.5 Å². The van der Waals surface area contributed by atoms with Crippen LogP contribution in [0.2, 0.25) is 0 Å². The molecule has 0 aliphatic heterocycles. The number of hydrogen-bond acceptors (Lipinski definition) is 3. The predicted octanol–water partition coefficient (Wildman–Crippen LogP) is 5.65. The fourth-order valence-corrected chi connectivity index (χ4v) is 6.64. The van der Waals surface area contributed by atoms with E-state index >= 15 is 0 Å². The molecule has 3 aliphatic rings. The first kappa shape index (κ1) is 24.7. The molecule has 0 heterocycles. The normalized spacial score (nSPS) is 39.0. The average Bonchev–Trinajstić information content (AvgIpc) is 3.04. The minimum absolute atomic E-state index is 0.241. The lowest BCUT2D eigenvalue weighted by atomic mass is 9.60. The Hall–Kier alpha value is -0.970. The Labute approximate surface area is 188 Å². The first-order valence-electron chi connectivity index (χ1n) is 12.2. The molecule has 3 rings (SSSR count). The van der Waals surface area contributed by atoms with Crippen molar-refractivity contribution in [1.82, 2.24) is 0 Å². The van der Waals surface area contributed by atoms with Crippen molar-refractivity contribution < 1.29 is 19.7 Å². The Morgan fingerprint density at radius 2 is 1.94 bits per heavy atom. The number of aliphatic hydroxyl groups excluding tert-OH is 2. The van der Waals surface area contributed by atoms with Gasteiger partial charge in [0.25, 0.3) is 0 Å². The van der Waals surface area contributed by atoms with Crippen LogP contribution in [0, 0.1) is 23.2 Å². The maximum Gasteiger partial charge on any atom is 0.128 e. The van der Waals surface area contributed by atoms with Crippen molar-refractivity contribution >= 4 is 0 Å². The molecule has 0 amide bonds. The number of halogens is 1. The van der Waals surface area contributed by atoms with Crippen molar-refractivity contribution in [3.8, 4) is 0 Å². The summed E-state index contributed by atoms with van der Waals surface area (Å²) in [4.78, 5) is 0. The lowest BCUT2D eigenvalue weighted by Gasteiger charge is -2.44.